The van der Waals surface area contributed by atoms with Gasteiger partial charge in [-0.15, -0.1) is 0 Å². The third kappa shape index (κ3) is 3.51. The van der Waals surface area contributed by atoms with Gasteiger partial charge in [-0.1, -0.05) is 18.5 Å². The van der Waals surface area contributed by atoms with Crippen molar-refractivity contribution in [1.29, 1.82) is 0 Å². The lowest BCUT2D eigenvalue weighted by atomic mass is 10.0. The van der Waals surface area contributed by atoms with Crippen LogP contribution in [0.1, 0.15) is 48.0 Å². The molecule has 1 amide bonds. The zero-order valence-electron chi connectivity index (χ0n) is 13.1. The van der Waals surface area contributed by atoms with E-state index in [4.69, 9.17) is 21.1 Å². The maximum absolute atomic E-state index is 12.2. The smallest absolute Gasteiger partial charge is 0.258 e. The van der Waals surface area contributed by atoms with Crippen LogP contribution in [0.2, 0.25) is 5.02 Å². The summed E-state index contributed by atoms with van der Waals surface area (Å²) in [4.78, 5) is 24.2. The molecule has 1 aliphatic heterocycles. The van der Waals surface area contributed by atoms with Crippen molar-refractivity contribution < 1.29 is 19.1 Å². The van der Waals surface area contributed by atoms with E-state index in [2.05, 4.69) is 5.32 Å². The number of nitrogens with one attached hydrogen (secondary N) is 1. The Hall–Kier alpha value is -1.59. The highest BCUT2D eigenvalue weighted by atomic mass is 35.5. The largest absolute Gasteiger partial charge is 0.483 e. The summed E-state index contributed by atoms with van der Waals surface area (Å²) in [6.07, 6.45) is 2.07. The standard InChI is InChI=1S/C17H20ClNO4/c1-10-8-13(20)17-14(3-2-12(18)16(10)17)23-9-15(21)19-11-4-6-22-7-5-11/h2-3,10-11H,4-9H2,1H3,(H,19,21)/t10-/m0/s1. The second-order valence-electron chi connectivity index (χ2n) is 6.11. The van der Waals surface area contributed by atoms with Crippen molar-refractivity contribution in [2.24, 2.45) is 0 Å². The van der Waals surface area contributed by atoms with Gasteiger partial charge in [-0.25, -0.2) is 0 Å². The Morgan fingerprint density at radius 2 is 2.13 bits per heavy atom. The molecule has 1 fully saturated rings. The molecular weight excluding hydrogens is 318 g/mol. The molecule has 1 atom stereocenters. The highest BCUT2D eigenvalue weighted by molar-refractivity contribution is 6.32. The normalized spacial score (nSPS) is 21.1. The van der Waals surface area contributed by atoms with Gasteiger partial charge in [0.15, 0.2) is 12.4 Å². The molecule has 6 heteroatoms. The molecule has 0 radical (unpaired) electrons. The van der Waals surface area contributed by atoms with Gasteiger partial charge in [0.25, 0.3) is 5.91 Å². The average molecular weight is 338 g/mol. The molecule has 1 aromatic rings. The maximum atomic E-state index is 12.2. The third-order valence-electron chi connectivity index (χ3n) is 4.36. The molecular formula is C17H20ClNO4. The fraction of sp³-hybridized carbons (Fsp3) is 0.529. The van der Waals surface area contributed by atoms with Crippen LogP contribution in [-0.4, -0.2) is 37.6 Å². The van der Waals surface area contributed by atoms with E-state index in [0.717, 1.165) is 18.4 Å². The molecule has 0 unspecified atom stereocenters. The van der Waals surface area contributed by atoms with Crippen LogP contribution in [0.15, 0.2) is 12.1 Å². The lowest BCUT2D eigenvalue weighted by Crippen LogP contribution is -2.41. The lowest BCUT2D eigenvalue weighted by molar-refractivity contribution is -0.124. The summed E-state index contributed by atoms with van der Waals surface area (Å²) in [5.41, 5.74) is 1.36. The number of amides is 1. The summed E-state index contributed by atoms with van der Waals surface area (Å²) < 4.78 is 10.9. The molecule has 1 aromatic carbocycles. The van der Waals surface area contributed by atoms with Crippen molar-refractivity contribution in [3.8, 4) is 5.75 Å². The Bertz CT molecular complexity index is 625. The minimum Gasteiger partial charge on any atom is -0.483 e. The van der Waals surface area contributed by atoms with Crippen LogP contribution in [0.3, 0.4) is 0 Å². The Morgan fingerprint density at radius 1 is 1.39 bits per heavy atom. The molecule has 0 aromatic heterocycles. The van der Waals surface area contributed by atoms with E-state index >= 15 is 0 Å². The van der Waals surface area contributed by atoms with Crippen molar-refractivity contribution in [2.45, 2.75) is 38.1 Å². The Morgan fingerprint density at radius 3 is 2.87 bits per heavy atom. The summed E-state index contributed by atoms with van der Waals surface area (Å²) in [7, 11) is 0. The van der Waals surface area contributed by atoms with E-state index < -0.39 is 0 Å². The van der Waals surface area contributed by atoms with Gasteiger partial charge in [-0.05, 0) is 36.5 Å². The number of halogens is 1. The molecule has 23 heavy (non-hydrogen) atoms. The number of ketones is 1. The third-order valence-corrected chi connectivity index (χ3v) is 4.69. The van der Waals surface area contributed by atoms with Crippen LogP contribution in [-0.2, 0) is 9.53 Å². The summed E-state index contributed by atoms with van der Waals surface area (Å²) in [6.45, 7) is 3.20. The van der Waals surface area contributed by atoms with E-state index in [1.165, 1.54) is 0 Å². The summed E-state index contributed by atoms with van der Waals surface area (Å²) in [6, 6.07) is 3.53. The van der Waals surface area contributed by atoms with Crippen LogP contribution in [0.4, 0.5) is 0 Å². The number of carbonyl (C=O) groups is 2. The van der Waals surface area contributed by atoms with E-state index in [1.807, 2.05) is 6.92 Å². The number of rotatable bonds is 4. The first-order valence-corrected chi connectivity index (χ1v) is 8.29. The van der Waals surface area contributed by atoms with Crippen molar-refractivity contribution >= 4 is 23.3 Å². The predicted molar refractivity (Wildman–Crippen MR) is 86.3 cm³/mol. The molecule has 2 aliphatic rings. The van der Waals surface area contributed by atoms with Crippen LogP contribution >= 0.6 is 11.6 Å². The summed E-state index contributed by atoms with van der Waals surface area (Å²) in [5.74, 6) is 0.374. The Balaban J connectivity index is 1.65. The van der Waals surface area contributed by atoms with E-state index in [9.17, 15) is 9.59 Å². The summed E-state index contributed by atoms with van der Waals surface area (Å²) in [5, 5.41) is 3.51. The number of hydrogen-bond donors (Lipinski definition) is 1. The van der Waals surface area contributed by atoms with E-state index in [0.29, 0.717) is 36.0 Å². The first kappa shape index (κ1) is 16.3. The molecule has 1 saturated heterocycles. The van der Waals surface area contributed by atoms with Gasteiger partial charge in [0.05, 0.1) is 5.56 Å². The first-order valence-electron chi connectivity index (χ1n) is 7.91. The number of Topliss-reactive ketones (excluding diaryl/α,β-unsaturated/α-hetero) is 1. The SMILES string of the molecule is C[C@H]1CC(=O)c2c(OCC(=O)NC3CCOCC3)ccc(Cl)c21. The molecule has 5 nitrogen and oxygen atoms in total. The Labute approximate surface area is 140 Å². The molecule has 0 spiro atoms. The summed E-state index contributed by atoms with van der Waals surface area (Å²) >= 11 is 6.19. The fourth-order valence-electron chi connectivity index (χ4n) is 3.20. The molecule has 0 saturated carbocycles. The minimum absolute atomic E-state index is 0.0230. The number of fused-ring (bicyclic) bond motifs is 1. The molecule has 1 N–H and O–H groups in total. The van der Waals surface area contributed by atoms with Gasteiger partial charge >= 0.3 is 0 Å². The number of benzene rings is 1. The van der Waals surface area contributed by atoms with Crippen molar-refractivity contribution in [1.82, 2.24) is 5.32 Å². The highest BCUT2D eigenvalue weighted by Gasteiger charge is 2.32. The second-order valence-corrected chi connectivity index (χ2v) is 6.51. The molecule has 1 heterocycles. The van der Waals surface area contributed by atoms with Gasteiger partial charge in [0, 0.05) is 30.7 Å². The maximum Gasteiger partial charge on any atom is 0.258 e. The highest BCUT2D eigenvalue weighted by Crippen LogP contribution is 2.42. The molecule has 3 rings (SSSR count). The van der Waals surface area contributed by atoms with Gasteiger partial charge in [-0.2, -0.15) is 0 Å². The predicted octanol–water partition coefficient (Wildman–Crippen LogP) is 2.70. The molecule has 0 bridgehead atoms. The minimum atomic E-state index is -0.181. The van der Waals surface area contributed by atoms with Gasteiger partial charge in [-0.3, -0.25) is 9.59 Å². The van der Waals surface area contributed by atoms with Crippen LogP contribution < -0.4 is 10.1 Å². The van der Waals surface area contributed by atoms with E-state index in [1.54, 1.807) is 12.1 Å². The molecule has 124 valence electrons. The van der Waals surface area contributed by atoms with Crippen LogP contribution in [0.25, 0.3) is 0 Å². The zero-order valence-corrected chi connectivity index (χ0v) is 13.8. The second kappa shape index (κ2) is 6.89. The van der Waals surface area contributed by atoms with Gasteiger partial charge in [0.1, 0.15) is 5.75 Å². The average Bonchev–Trinajstić information content (AvgIpc) is 2.84. The quantitative estimate of drug-likeness (QED) is 0.917. The zero-order chi connectivity index (χ0) is 16.4. The van der Waals surface area contributed by atoms with Crippen LogP contribution in [0.5, 0.6) is 5.75 Å². The monoisotopic (exact) mass is 337 g/mol. The first-order chi connectivity index (χ1) is 11.1. The van der Waals surface area contributed by atoms with Crippen molar-refractivity contribution in [2.75, 3.05) is 19.8 Å². The number of hydrogen-bond acceptors (Lipinski definition) is 4. The van der Waals surface area contributed by atoms with Crippen LogP contribution in [0, 0.1) is 0 Å². The van der Waals surface area contributed by atoms with Gasteiger partial charge < -0.3 is 14.8 Å². The number of ether oxygens (including phenoxy) is 2. The van der Waals surface area contributed by atoms with Crippen molar-refractivity contribution in [3.05, 3.63) is 28.3 Å². The topological polar surface area (TPSA) is 64.6 Å². The number of carbonyl (C=O) groups excluding carboxylic acids is 2. The van der Waals surface area contributed by atoms with E-state index in [-0.39, 0.29) is 30.3 Å². The van der Waals surface area contributed by atoms with Crippen molar-refractivity contribution in [3.63, 3.8) is 0 Å². The lowest BCUT2D eigenvalue weighted by Gasteiger charge is -2.23. The molecule has 1 aliphatic carbocycles. The fourth-order valence-corrected chi connectivity index (χ4v) is 3.54. The Kier molecular flexibility index (Phi) is 4.87. The van der Waals surface area contributed by atoms with Gasteiger partial charge in [0.2, 0.25) is 0 Å².